The van der Waals surface area contributed by atoms with Gasteiger partial charge in [-0.2, -0.15) is 0 Å². The van der Waals surface area contributed by atoms with Gasteiger partial charge < -0.3 is 5.32 Å². The van der Waals surface area contributed by atoms with Crippen LogP contribution in [0, 0.1) is 0 Å². The van der Waals surface area contributed by atoms with E-state index in [0.29, 0.717) is 11.1 Å². The lowest BCUT2D eigenvalue weighted by Crippen LogP contribution is -2.71. The number of piperidine rings is 1. The molecule has 0 saturated carbocycles. The molecule has 2 nitrogen and oxygen atoms in total. The highest BCUT2D eigenvalue weighted by Gasteiger charge is 2.49. The molecule has 0 aromatic rings. The molecule has 0 aromatic carbocycles. The van der Waals surface area contributed by atoms with Crippen molar-refractivity contribution in [3.8, 4) is 0 Å². The molecule has 2 saturated heterocycles. The van der Waals surface area contributed by atoms with E-state index >= 15 is 0 Å². The van der Waals surface area contributed by atoms with Crippen LogP contribution in [-0.4, -0.2) is 35.6 Å². The summed E-state index contributed by atoms with van der Waals surface area (Å²) in [6.45, 7) is 10.7. The quantitative estimate of drug-likeness (QED) is 0.612. The minimum Gasteiger partial charge on any atom is -0.315 e. The van der Waals surface area contributed by atoms with Crippen LogP contribution in [0.2, 0.25) is 0 Å². The molecule has 0 aromatic heterocycles. The molecule has 1 unspecified atom stereocenters. The number of rotatable bonds is 0. The van der Waals surface area contributed by atoms with Gasteiger partial charge in [0.1, 0.15) is 0 Å². The van der Waals surface area contributed by atoms with Crippen molar-refractivity contribution in [2.75, 3.05) is 19.6 Å². The van der Waals surface area contributed by atoms with Crippen LogP contribution in [0.5, 0.6) is 0 Å². The largest absolute Gasteiger partial charge is 0.315 e. The highest BCUT2D eigenvalue weighted by Crippen LogP contribution is 2.41. The number of hydrogen-bond acceptors (Lipinski definition) is 2. The van der Waals surface area contributed by atoms with Gasteiger partial charge in [0, 0.05) is 24.2 Å². The summed E-state index contributed by atoms with van der Waals surface area (Å²) in [5.74, 6) is 0. The third-order valence-corrected chi connectivity index (χ3v) is 3.63. The van der Waals surface area contributed by atoms with Gasteiger partial charge >= 0.3 is 0 Å². The highest BCUT2D eigenvalue weighted by atomic mass is 15.3. The lowest BCUT2D eigenvalue weighted by atomic mass is 9.75. The summed E-state index contributed by atoms with van der Waals surface area (Å²) in [6.07, 6.45) is 4.15. The SMILES string of the molecule is CC(C)(C)N1CCC12CCCNC2. The standard InChI is InChI=1S/C11H22N2/c1-10(2,3)13-8-6-11(13)5-4-7-12-9-11/h12H,4-9H2,1-3H3. The predicted molar refractivity (Wildman–Crippen MR) is 55.9 cm³/mol. The summed E-state index contributed by atoms with van der Waals surface area (Å²) in [5.41, 5.74) is 0.883. The second-order valence-electron chi connectivity index (χ2n) is 5.58. The first-order chi connectivity index (χ1) is 6.05. The highest BCUT2D eigenvalue weighted by molar-refractivity contribution is 5.06. The summed E-state index contributed by atoms with van der Waals surface area (Å²) >= 11 is 0. The van der Waals surface area contributed by atoms with E-state index in [2.05, 4.69) is 31.0 Å². The van der Waals surface area contributed by atoms with Crippen LogP contribution in [0.1, 0.15) is 40.0 Å². The van der Waals surface area contributed by atoms with Gasteiger partial charge in [0.05, 0.1) is 0 Å². The molecule has 0 aliphatic carbocycles. The molecule has 2 heteroatoms. The number of likely N-dealkylation sites (tertiary alicyclic amines) is 1. The second kappa shape index (κ2) is 2.96. The normalized spacial score (nSPS) is 36.2. The number of hydrogen-bond donors (Lipinski definition) is 1. The number of nitrogens with zero attached hydrogens (tertiary/aromatic N) is 1. The fourth-order valence-corrected chi connectivity index (χ4v) is 2.98. The zero-order valence-corrected chi connectivity index (χ0v) is 9.19. The first-order valence-corrected chi connectivity index (χ1v) is 5.53. The molecule has 0 radical (unpaired) electrons. The Labute approximate surface area is 81.7 Å². The zero-order valence-electron chi connectivity index (χ0n) is 9.19. The van der Waals surface area contributed by atoms with Gasteiger partial charge in [0.2, 0.25) is 0 Å². The van der Waals surface area contributed by atoms with Gasteiger partial charge in [0.15, 0.2) is 0 Å². The second-order valence-corrected chi connectivity index (χ2v) is 5.58. The van der Waals surface area contributed by atoms with E-state index in [9.17, 15) is 0 Å². The van der Waals surface area contributed by atoms with Crippen LogP contribution >= 0.6 is 0 Å². The Morgan fingerprint density at radius 3 is 2.38 bits per heavy atom. The summed E-state index contributed by atoms with van der Waals surface area (Å²) in [4.78, 5) is 2.69. The Bertz CT molecular complexity index is 187. The Kier molecular flexibility index (Phi) is 2.16. The van der Waals surface area contributed by atoms with Crippen LogP contribution in [-0.2, 0) is 0 Å². The van der Waals surface area contributed by atoms with E-state index in [1.807, 2.05) is 0 Å². The molecule has 2 aliphatic rings. The third kappa shape index (κ3) is 1.50. The van der Waals surface area contributed by atoms with Crippen LogP contribution in [0.3, 0.4) is 0 Å². The summed E-state index contributed by atoms with van der Waals surface area (Å²) in [5, 5.41) is 3.54. The minimum absolute atomic E-state index is 0.358. The lowest BCUT2D eigenvalue weighted by molar-refractivity contribution is -0.0918. The fourth-order valence-electron chi connectivity index (χ4n) is 2.98. The molecule has 2 rings (SSSR count). The summed E-state index contributed by atoms with van der Waals surface area (Å²) in [6, 6.07) is 0. The van der Waals surface area contributed by atoms with Crippen LogP contribution in [0.4, 0.5) is 0 Å². The van der Waals surface area contributed by atoms with Gasteiger partial charge in [-0.15, -0.1) is 0 Å². The van der Waals surface area contributed by atoms with Crippen molar-refractivity contribution in [1.29, 1.82) is 0 Å². The van der Waals surface area contributed by atoms with Crippen LogP contribution in [0.25, 0.3) is 0 Å². The maximum Gasteiger partial charge on any atom is 0.0351 e. The lowest BCUT2D eigenvalue weighted by Gasteiger charge is -2.60. The van der Waals surface area contributed by atoms with Crippen molar-refractivity contribution in [2.45, 2.75) is 51.1 Å². The molecule has 0 amide bonds. The molecular formula is C11H22N2. The molecule has 1 N–H and O–H groups in total. The van der Waals surface area contributed by atoms with E-state index in [-0.39, 0.29) is 0 Å². The van der Waals surface area contributed by atoms with E-state index in [0.717, 1.165) is 0 Å². The Balaban J connectivity index is 2.07. The maximum atomic E-state index is 3.54. The summed E-state index contributed by atoms with van der Waals surface area (Å²) < 4.78 is 0. The Morgan fingerprint density at radius 1 is 1.23 bits per heavy atom. The Hall–Kier alpha value is -0.0800. The first-order valence-electron chi connectivity index (χ1n) is 5.53. The number of nitrogens with one attached hydrogen (secondary N) is 1. The van der Waals surface area contributed by atoms with Crippen molar-refractivity contribution in [1.82, 2.24) is 10.2 Å². The van der Waals surface area contributed by atoms with Crippen molar-refractivity contribution >= 4 is 0 Å². The van der Waals surface area contributed by atoms with E-state index in [4.69, 9.17) is 0 Å². The molecule has 13 heavy (non-hydrogen) atoms. The topological polar surface area (TPSA) is 15.3 Å². The monoisotopic (exact) mass is 182 g/mol. The van der Waals surface area contributed by atoms with Crippen LogP contribution < -0.4 is 5.32 Å². The smallest absolute Gasteiger partial charge is 0.0351 e. The minimum atomic E-state index is 0.358. The molecule has 1 atom stereocenters. The molecule has 2 heterocycles. The summed E-state index contributed by atoms with van der Waals surface area (Å²) in [7, 11) is 0. The average molecular weight is 182 g/mol. The Morgan fingerprint density at radius 2 is 2.00 bits per heavy atom. The van der Waals surface area contributed by atoms with Gasteiger partial charge in [-0.05, 0) is 46.6 Å². The first kappa shape index (κ1) is 9.47. The zero-order chi connectivity index (χ0) is 9.53. The van der Waals surface area contributed by atoms with E-state index in [1.165, 1.54) is 38.9 Å². The van der Waals surface area contributed by atoms with E-state index < -0.39 is 0 Å². The fraction of sp³-hybridized carbons (Fsp3) is 1.00. The van der Waals surface area contributed by atoms with Crippen molar-refractivity contribution in [3.63, 3.8) is 0 Å². The molecule has 2 fully saturated rings. The van der Waals surface area contributed by atoms with Gasteiger partial charge in [0.25, 0.3) is 0 Å². The molecule has 0 bridgehead atoms. The van der Waals surface area contributed by atoms with Gasteiger partial charge in [-0.25, -0.2) is 0 Å². The van der Waals surface area contributed by atoms with Gasteiger partial charge in [-0.3, -0.25) is 4.90 Å². The maximum absolute atomic E-state index is 3.54. The third-order valence-electron chi connectivity index (χ3n) is 3.63. The van der Waals surface area contributed by atoms with Crippen LogP contribution in [0.15, 0.2) is 0 Å². The molecular weight excluding hydrogens is 160 g/mol. The van der Waals surface area contributed by atoms with Crippen molar-refractivity contribution < 1.29 is 0 Å². The molecule has 76 valence electrons. The average Bonchev–Trinajstić information content (AvgIpc) is 2.01. The predicted octanol–water partition coefficient (Wildman–Crippen LogP) is 1.61. The molecule has 2 aliphatic heterocycles. The van der Waals surface area contributed by atoms with Crippen molar-refractivity contribution in [3.05, 3.63) is 0 Å². The van der Waals surface area contributed by atoms with Crippen molar-refractivity contribution in [2.24, 2.45) is 0 Å². The van der Waals surface area contributed by atoms with Gasteiger partial charge in [-0.1, -0.05) is 0 Å². The molecule has 1 spiro atoms. The van der Waals surface area contributed by atoms with E-state index in [1.54, 1.807) is 0 Å².